The van der Waals surface area contributed by atoms with Crippen LogP contribution in [0.25, 0.3) is 5.57 Å². The summed E-state index contributed by atoms with van der Waals surface area (Å²) >= 11 is 0. The van der Waals surface area contributed by atoms with Crippen LogP contribution in [-0.2, 0) is 4.79 Å². The summed E-state index contributed by atoms with van der Waals surface area (Å²) in [5.74, 6) is -0.341. The van der Waals surface area contributed by atoms with E-state index in [9.17, 15) is 4.79 Å². The van der Waals surface area contributed by atoms with Crippen molar-refractivity contribution >= 4 is 11.5 Å². The number of hydrogen-bond donors (Lipinski definition) is 1. The van der Waals surface area contributed by atoms with E-state index >= 15 is 0 Å². The molecule has 1 aromatic carbocycles. The topological polar surface area (TPSA) is 43.1 Å². The lowest BCUT2D eigenvalue weighted by Gasteiger charge is -2.03. The lowest BCUT2D eigenvalue weighted by Crippen LogP contribution is -2.10. The Balaban J connectivity index is 2.83. The van der Waals surface area contributed by atoms with E-state index in [-0.39, 0.29) is 12.3 Å². The summed E-state index contributed by atoms with van der Waals surface area (Å²) in [5.41, 5.74) is 7.98. The monoisotopic (exact) mass is 175 g/mol. The zero-order valence-corrected chi connectivity index (χ0v) is 7.71. The lowest BCUT2D eigenvalue weighted by molar-refractivity contribution is -0.117. The fraction of sp³-hybridized carbons (Fsp3) is 0.182. The minimum absolute atomic E-state index is 0.226. The third-order valence-corrected chi connectivity index (χ3v) is 1.81. The van der Waals surface area contributed by atoms with Crippen LogP contribution < -0.4 is 5.73 Å². The largest absolute Gasteiger partial charge is 0.369 e. The number of benzene rings is 1. The molecule has 0 fully saturated rings. The van der Waals surface area contributed by atoms with Crippen LogP contribution in [0, 0.1) is 6.92 Å². The van der Waals surface area contributed by atoms with E-state index < -0.39 is 0 Å². The van der Waals surface area contributed by atoms with Crippen molar-refractivity contribution in [2.24, 2.45) is 5.73 Å². The maximum absolute atomic E-state index is 10.6. The highest BCUT2D eigenvalue weighted by Crippen LogP contribution is 2.16. The van der Waals surface area contributed by atoms with Crippen LogP contribution in [0.1, 0.15) is 17.5 Å². The van der Waals surface area contributed by atoms with Crippen LogP contribution in [-0.4, -0.2) is 5.91 Å². The molecule has 68 valence electrons. The zero-order chi connectivity index (χ0) is 9.84. The van der Waals surface area contributed by atoms with E-state index in [0.717, 1.165) is 16.7 Å². The van der Waals surface area contributed by atoms with Gasteiger partial charge >= 0.3 is 0 Å². The van der Waals surface area contributed by atoms with Crippen LogP contribution in [0.15, 0.2) is 30.8 Å². The second-order valence-corrected chi connectivity index (χ2v) is 3.12. The number of amides is 1. The highest BCUT2D eigenvalue weighted by atomic mass is 16.1. The van der Waals surface area contributed by atoms with Gasteiger partial charge in [-0.05, 0) is 18.1 Å². The van der Waals surface area contributed by atoms with Crippen LogP contribution in [0.4, 0.5) is 0 Å². The molecule has 2 nitrogen and oxygen atoms in total. The first-order chi connectivity index (χ1) is 6.09. The Morgan fingerprint density at radius 1 is 1.54 bits per heavy atom. The first-order valence-electron chi connectivity index (χ1n) is 4.12. The summed E-state index contributed by atoms with van der Waals surface area (Å²) in [4.78, 5) is 10.6. The molecule has 0 radical (unpaired) electrons. The molecule has 0 aromatic heterocycles. The molecule has 13 heavy (non-hydrogen) atoms. The van der Waals surface area contributed by atoms with Crippen LogP contribution in [0.2, 0.25) is 0 Å². The highest BCUT2D eigenvalue weighted by molar-refractivity contribution is 5.86. The average Bonchev–Trinajstić information content (AvgIpc) is 2.03. The van der Waals surface area contributed by atoms with E-state index in [2.05, 4.69) is 6.58 Å². The number of hydrogen-bond acceptors (Lipinski definition) is 1. The minimum atomic E-state index is -0.341. The Kier molecular flexibility index (Phi) is 2.85. The SMILES string of the molecule is C=C(CC(N)=O)c1cccc(C)c1. The molecule has 0 saturated carbocycles. The summed E-state index contributed by atoms with van der Waals surface area (Å²) in [7, 11) is 0. The molecule has 0 atom stereocenters. The smallest absolute Gasteiger partial charge is 0.221 e. The summed E-state index contributed by atoms with van der Waals surface area (Å²) in [6, 6.07) is 7.86. The highest BCUT2D eigenvalue weighted by Gasteiger charge is 2.02. The van der Waals surface area contributed by atoms with Crippen molar-refractivity contribution < 1.29 is 4.79 Å². The van der Waals surface area contributed by atoms with Crippen LogP contribution >= 0.6 is 0 Å². The molecule has 1 aromatic rings. The molecule has 0 bridgehead atoms. The van der Waals surface area contributed by atoms with Crippen molar-refractivity contribution in [3.63, 3.8) is 0 Å². The average molecular weight is 175 g/mol. The first-order valence-corrected chi connectivity index (χ1v) is 4.12. The van der Waals surface area contributed by atoms with E-state index in [0.29, 0.717) is 0 Å². The molecule has 0 unspecified atom stereocenters. The second-order valence-electron chi connectivity index (χ2n) is 3.12. The molecule has 0 spiro atoms. The summed E-state index contributed by atoms with van der Waals surface area (Å²) in [5, 5.41) is 0. The van der Waals surface area contributed by atoms with Gasteiger partial charge in [-0.1, -0.05) is 36.4 Å². The molecule has 2 heteroatoms. The van der Waals surface area contributed by atoms with E-state index in [1.165, 1.54) is 0 Å². The number of nitrogens with two attached hydrogens (primary N) is 1. The molecule has 0 aliphatic rings. The first kappa shape index (κ1) is 9.52. The lowest BCUT2D eigenvalue weighted by atomic mass is 10.0. The van der Waals surface area contributed by atoms with Crippen molar-refractivity contribution in [3.8, 4) is 0 Å². The number of rotatable bonds is 3. The van der Waals surface area contributed by atoms with E-state index in [1.54, 1.807) is 0 Å². The van der Waals surface area contributed by atoms with Gasteiger partial charge in [-0.15, -0.1) is 0 Å². The molecule has 0 saturated heterocycles. The van der Waals surface area contributed by atoms with Gasteiger partial charge in [-0.2, -0.15) is 0 Å². The number of carbonyl (C=O) groups excluding carboxylic acids is 1. The molecular formula is C11H13NO. The Labute approximate surface area is 78.1 Å². The van der Waals surface area contributed by atoms with Gasteiger partial charge in [0.2, 0.25) is 5.91 Å². The van der Waals surface area contributed by atoms with Crippen molar-refractivity contribution in [3.05, 3.63) is 42.0 Å². The third kappa shape index (κ3) is 2.75. The molecule has 1 rings (SSSR count). The Morgan fingerprint density at radius 2 is 2.23 bits per heavy atom. The molecule has 2 N–H and O–H groups in total. The van der Waals surface area contributed by atoms with Gasteiger partial charge in [-0.25, -0.2) is 0 Å². The van der Waals surface area contributed by atoms with E-state index in [1.807, 2.05) is 31.2 Å². The number of carbonyl (C=O) groups is 1. The normalized spacial score (nSPS) is 9.62. The molecule has 0 aliphatic heterocycles. The van der Waals surface area contributed by atoms with Crippen molar-refractivity contribution in [2.75, 3.05) is 0 Å². The van der Waals surface area contributed by atoms with Gasteiger partial charge in [0.15, 0.2) is 0 Å². The maximum Gasteiger partial charge on any atom is 0.221 e. The summed E-state index contributed by atoms with van der Waals surface area (Å²) < 4.78 is 0. The fourth-order valence-corrected chi connectivity index (χ4v) is 1.18. The molecular weight excluding hydrogens is 162 g/mol. The zero-order valence-electron chi connectivity index (χ0n) is 7.71. The Morgan fingerprint density at radius 3 is 2.77 bits per heavy atom. The Bertz CT molecular complexity index is 342. The third-order valence-electron chi connectivity index (χ3n) is 1.81. The van der Waals surface area contributed by atoms with Crippen molar-refractivity contribution in [1.82, 2.24) is 0 Å². The van der Waals surface area contributed by atoms with Crippen LogP contribution in [0.3, 0.4) is 0 Å². The standard InChI is InChI=1S/C11H13NO/c1-8-4-3-5-10(6-8)9(2)7-11(12)13/h3-6H,2,7H2,1H3,(H2,12,13). The van der Waals surface area contributed by atoms with E-state index in [4.69, 9.17) is 5.73 Å². The van der Waals surface area contributed by atoms with Gasteiger partial charge < -0.3 is 5.73 Å². The van der Waals surface area contributed by atoms with Gasteiger partial charge in [0.1, 0.15) is 0 Å². The van der Waals surface area contributed by atoms with Gasteiger partial charge in [0.05, 0.1) is 6.42 Å². The van der Waals surface area contributed by atoms with Crippen molar-refractivity contribution in [2.45, 2.75) is 13.3 Å². The predicted octanol–water partition coefficient (Wildman–Crippen LogP) is 1.88. The summed E-state index contributed by atoms with van der Waals surface area (Å²) in [6.45, 7) is 5.81. The minimum Gasteiger partial charge on any atom is -0.369 e. The van der Waals surface area contributed by atoms with Gasteiger partial charge in [0.25, 0.3) is 0 Å². The number of primary amides is 1. The maximum atomic E-state index is 10.6. The van der Waals surface area contributed by atoms with Gasteiger partial charge in [0, 0.05) is 0 Å². The quantitative estimate of drug-likeness (QED) is 0.748. The molecule has 0 aliphatic carbocycles. The second kappa shape index (κ2) is 3.90. The van der Waals surface area contributed by atoms with Crippen LogP contribution in [0.5, 0.6) is 0 Å². The van der Waals surface area contributed by atoms with Gasteiger partial charge in [-0.3, -0.25) is 4.79 Å². The molecule has 1 amide bonds. The van der Waals surface area contributed by atoms with Crippen molar-refractivity contribution in [1.29, 1.82) is 0 Å². The number of aryl methyl sites for hydroxylation is 1. The summed E-state index contributed by atoms with van der Waals surface area (Å²) in [6.07, 6.45) is 0.226. The Hall–Kier alpha value is -1.57. The predicted molar refractivity (Wildman–Crippen MR) is 54.0 cm³/mol. The fourth-order valence-electron chi connectivity index (χ4n) is 1.18. The molecule has 0 heterocycles.